The summed E-state index contributed by atoms with van der Waals surface area (Å²) >= 11 is 0. The molecule has 0 aliphatic rings. The van der Waals surface area contributed by atoms with Gasteiger partial charge in [0.05, 0.1) is 7.11 Å². The van der Waals surface area contributed by atoms with E-state index in [1.54, 1.807) is 12.1 Å². The van der Waals surface area contributed by atoms with E-state index in [1.165, 1.54) is 25.4 Å². The maximum absolute atomic E-state index is 11.5. The average molecular weight is 294 g/mol. The van der Waals surface area contributed by atoms with E-state index in [2.05, 4.69) is 4.98 Å². The van der Waals surface area contributed by atoms with E-state index in [0.717, 1.165) is 5.56 Å². The fourth-order valence-corrected chi connectivity index (χ4v) is 2.24. The molecule has 0 radical (unpaired) electrons. The molecule has 0 amide bonds. The van der Waals surface area contributed by atoms with Crippen LogP contribution < -0.4 is 14.6 Å². The Labute approximate surface area is 117 Å². The lowest BCUT2D eigenvalue weighted by atomic mass is 10.2. The summed E-state index contributed by atoms with van der Waals surface area (Å²) in [5.74, 6) is 0.759. The van der Waals surface area contributed by atoms with Crippen LogP contribution in [0.25, 0.3) is 0 Å². The van der Waals surface area contributed by atoms with Crippen LogP contribution in [0.3, 0.4) is 0 Å². The van der Waals surface area contributed by atoms with E-state index in [1.807, 2.05) is 13.0 Å². The highest BCUT2D eigenvalue weighted by molar-refractivity contribution is 7.89. The summed E-state index contributed by atoms with van der Waals surface area (Å²) in [7, 11) is -2.41. The van der Waals surface area contributed by atoms with Gasteiger partial charge >= 0.3 is 0 Å². The minimum Gasteiger partial charge on any atom is -0.493 e. The molecule has 0 fully saturated rings. The van der Waals surface area contributed by atoms with Crippen molar-refractivity contribution < 1.29 is 17.9 Å². The molecule has 0 saturated heterocycles. The third-order valence-electron chi connectivity index (χ3n) is 2.57. The van der Waals surface area contributed by atoms with E-state index in [4.69, 9.17) is 14.6 Å². The fraction of sp³-hybridized carbons (Fsp3) is 0.154. The van der Waals surface area contributed by atoms with Gasteiger partial charge in [-0.05, 0) is 36.8 Å². The second-order valence-corrected chi connectivity index (χ2v) is 5.64. The smallest absolute Gasteiger partial charge is 0.243 e. The zero-order valence-corrected chi connectivity index (χ0v) is 11.8. The summed E-state index contributed by atoms with van der Waals surface area (Å²) < 4.78 is 33.7. The minimum absolute atomic E-state index is 0.0860. The first-order valence-corrected chi connectivity index (χ1v) is 7.27. The maximum atomic E-state index is 11.5. The highest BCUT2D eigenvalue weighted by Gasteiger charge is 2.17. The number of methoxy groups -OCH3 is 1. The number of benzene rings is 1. The van der Waals surface area contributed by atoms with Crippen molar-refractivity contribution in [1.82, 2.24) is 4.98 Å². The molecule has 0 atom stereocenters. The molecule has 20 heavy (non-hydrogen) atoms. The van der Waals surface area contributed by atoms with Gasteiger partial charge in [0.1, 0.15) is 4.90 Å². The Balaban J connectivity index is 2.46. The molecule has 2 rings (SSSR count). The normalized spacial score (nSPS) is 11.2. The Morgan fingerprint density at radius 2 is 1.95 bits per heavy atom. The molecule has 2 N–H and O–H groups in total. The van der Waals surface area contributed by atoms with Crippen LogP contribution in [-0.2, 0) is 10.0 Å². The highest BCUT2D eigenvalue weighted by atomic mass is 32.2. The van der Waals surface area contributed by atoms with Gasteiger partial charge in [0.2, 0.25) is 15.9 Å². The van der Waals surface area contributed by atoms with E-state index in [-0.39, 0.29) is 10.8 Å². The molecular weight excluding hydrogens is 280 g/mol. The SMILES string of the molecule is COc1cc(C)ccc1Oc1ncccc1S(N)(=O)=O. The molecule has 1 aromatic carbocycles. The summed E-state index contributed by atoms with van der Waals surface area (Å²) in [6.07, 6.45) is 1.42. The zero-order valence-electron chi connectivity index (χ0n) is 11.0. The van der Waals surface area contributed by atoms with Crippen LogP contribution in [0.15, 0.2) is 41.4 Å². The molecule has 1 heterocycles. The van der Waals surface area contributed by atoms with Gasteiger partial charge in [0.15, 0.2) is 11.5 Å². The number of ether oxygens (including phenoxy) is 2. The van der Waals surface area contributed by atoms with Crippen molar-refractivity contribution in [3.63, 3.8) is 0 Å². The Morgan fingerprint density at radius 1 is 1.20 bits per heavy atom. The van der Waals surface area contributed by atoms with Crippen LogP contribution in [0, 0.1) is 6.92 Å². The molecular formula is C13H14N2O4S. The van der Waals surface area contributed by atoms with Crippen LogP contribution in [0.5, 0.6) is 17.4 Å². The Hall–Kier alpha value is -2.12. The zero-order chi connectivity index (χ0) is 14.8. The van der Waals surface area contributed by atoms with Crippen LogP contribution >= 0.6 is 0 Å². The summed E-state index contributed by atoms with van der Waals surface area (Å²) in [4.78, 5) is 3.72. The van der Waals surface area contributed by atoms with Crippen molar-refractivity contribution in [3.05, 3.63) is 42.1 Å². The lowest BCUT2D eigenvalue weighted by Crippen LogP contribution is -2.13. The largest absolute Gasteiger partial charge is 0.493 e. The Bertz CT molecular complexity index is 729. The third kappa shape index (κ3) is 3.06. The lowest BCUT2D eigenvalue weighted by molar-refractivity contribution is 0.369. The van der Waals surface area contributed by atoms with E-state index in [9.17, 15) is 8.42 Å². The first-order chi connectivity index (χ1) is 9.41. The molecule has 0 spiro atoms. The molecule has 106 valence electrons. The van der Waals surface area contributed by atoms with Crippen LogP contribution in [0.1, 0.15) is 5.56 Å². The van der Waals surface area contributed by atoms with Gasteiger partial charge in [0, 0.05) is 6.20 Å². The predicted molar refractivity (Wildman–Crippen MR) is 73.4 cm³/mol. The number of pyridine rings is 1. The van der Waals surface area contributed by atoms with Crippen molar-refractivity contribution in [3.8, 4) is 17.4 Å². The third-order valence-corrected chi connectivity index (χ3v) is 3.49. The molecule has 0 bridgehead atoms. The van der Waals surface area contributed by atoms with Crippen molar-refractivity contribution in [2.75, 3.05) is 7.11 Å². The highest BCUT2D eigenvalue weighted by Crippen LogP contribution is 2.33. The van der Waals surface area contributed by atoms with Gasteiger partial charge in [-0.1, -0.05) is 6.07 Å². The lowest BCUT2D eigenvalue weighted by Gasteiger charge is -2.12. The number of rotatable bonds is 4. The molecule has 1 aromatic heterocycles. The average Bonchev–Trinajstić information content (AvgIpc) is 2.40. The minimum atomic E-state index is -3.91. The molecule has 0 saturated carbocycles. The van der Waals surface area contributed by atoms with Crippen molar-refractivity contribution in [1.29, 1.82) is 0 Å². The molecule has 0 aliphatic carbocycles. The molecule has 0 unspecified atom stereocenters. The van der Waals surface area contributed by atoms with Gasteiger partial charge in [-0.25, -0.2) is 18.5 Å². The first kappa shape index (κ1) is 14.3. The standard InChI is InChI=1S/C13H14N2O4S/c1-9-5-6-10(11(8-9)18-2)19-13-12(20(14,16)17)4-3-7-15-13/h3-8H,1-2H3,(H2,14,16,17). The quantitative estimate of drug-likeness (QED) is 0.929. The number of nitrogens with zero attached hydrogens (tertiary/aromatic N) is 1. The predicted octanol–water partition coefficient (Wildman–Crippen LogP) is 1.84. The Kier molecular flexibility index (Phi) is 3.91. The van der Waals surface area contributed by atoms with Gasteiger partial charge < -0.3 is 9.47 Å². The number of hydrogen-bond donors (Lipinski definition) is 1. The topological polar surface area (TPSA) is 91.5 Å². The van der Waals surface area contributed by atoms with Crippen molar-refractivity contribution in [2.24, 2.45) is 5.14 Å². The number of aryl methyl sites for hydroxylation is 1. The number of nitrogens with two attached hydrogens (primary N) is 1. The van der Waals surface area contributed by atoms with Crippen LogP contribution in [-0.4, -0.2) is 20.5 Å². The molecule has 0 aliphatic heterocycles. The second-order valence-electron chi connectivity index (χ2n) is 4.11. The van der Waals surface area contributed by atoms with Gasteiger partial charge in [0.25, 0.3) is 0 Å². The summed E-state index contributed by atoms with van der Waals surface area (Å²) in [6.45, 7) is 1.91. The molecule has 7 heteroatoms. The summed E-state index contributed by atoms with van der Waals surface area (Å²) in [5, 5.41) is 5.13. The van der Waals surface area contributed by atoms with Crippen LogP contribution in [0.4, 0.5) is 0 Å². The van der Waals surface area contributed by atoms with E-state index >= 15 is 0 Å². The number of aromatic nitrogens is 1. The summed E-state index contributed by atoms with van der Waals surface area (Å²) in [6, 6.07) is 8.07. The second kappa shape index (κ2) is 5.48. The van der Waals surface area contributed by atoms with E-state index < -0.39 is 10.0 Å². The van der Waals surface area contributed by atoms with Crippen LogP contribution in [0.2, 0.25) is 0 Å². The maximum Gasteiger partial charge on any atom is 0.243 e. The number of primary sulfonamides is 1. The number of hydrogen-bond acceptors (Lipinski definition) is 5. The van der Waals surface area contributed by atoms with Crippen molar-refractivity contribution in [2.45, 2.75) is 11.8 Å². The monoisotopic (exact) mass is 294 g/mol. The van der Waals surface area contributed by atoms with Gasteiger partial charge in [-0.3, -0.25) is 0 Å². The fourth-order valence-electron chi connectivity index (χ4n) is 1.63. The molecule has 2 aromatic rings. The Morgan fingerprint density at radius 3 is 2.60 bits per heavy atom. The van der Waals surface area contributed by atoms with Gasteiger partial charge in [-0.15, -0.1) is 0 Å². The van der Waals surface area contributed by atoms with Crippen molar-refractivity contribution >= 4 is 10.0 Å². The number of sulfonamides is 1. The van der Waals surface area contributed by atoms with E-state index in [0.29, 0.717) is 11.5 Å². The van der Waals surface area contributed by atoms with Gasteiger partial charge in [-0.2, -0.15) is 0 Å². The summed E-state index contributed by atoms with van der Waals surface area (Å²) in [5.41, 5.74) is 0.988. The molecule has 6 nitrogen and oxygen atoms in total. The first-order valence-electron chi connectivity index (χ1n) is 5.72.